The molecule has 0 amide bonds. The standard InChI is InChI=1S/C15H19N3O3/c1-20-13-6-11-12(7-14(13)21-2)17-9-18(15(11)19)10-4-3-5-16-8-10/h6-7,9-10,16H,3-5,8H2,1-2H3. The van der Waals surface area contributed by atoms with Gasteiger partial charge in [-0.05, 0) is 25.5 Å². The van der Waals surface area contributed by atoms with E-state index in [0.717, 1.165) is 25.9 Å². The van der Waals surface area contributed by atoms with Gasteiger partial charge in [0.1, 0.15) is 0 Å². The van der Waals surface area contributed by atoms with Crippen LogP contribution < -0.4 is 20.3 Å². The minimum atomic E-state index is -0.0327. The number of fused-ring (bicyclic) bond motifs is 1. The van der Waals surface area contributed by atoms with Gasteiger partial charge >= 0.3 is 0 Å². The van der Waals surface area contributed by atoms with Crippen LogP contribution in [0.4, 0.5) is 0 Å². The van der Waals surface area contributed by atoms with Crippen LogP contribution in [0, 0.1) is 0 Å². The fourth-order valence-electron chi connectivity index (χ4n) is 2.79. The Labute approximate surface area is 122 Å². The number of nitrogens with zero attached hydrogens (tertiary/aromatic N) is 2. The molecule has 0 bridgehead atoms. The van der Waals surface area contributed by atoms with Crippen LogP contribution in [0.1, 0.15) is 18.9 Å². The van der Waals surface area contributed by atoms with Crippen LogP contribution in [0.2, 0.25) is 0 Å². The van der Waals surface area contributed by atoms with E-state index in [1.807, 2.05) is 0 Å². The average molecular weight is 289 g/mol. The van der Waals surface area contributed by atoms with Crippen molar-refractivity contribution in [2.75, 3.05) is 27.3 Å². The highest BCUT2D eigenvalue weighted by Gasteiger charge is 2.18. The van der Waals surface area contributed by atoms with E-state index in [2.05, 4.69) is 10.3 Å². The third-order valence-electron chi connectivity index (χ3n) is 3.95. The summed E-state index contributed by atoms with van der Waals surface area (Å²) < 4.78 is 12.2. The lowest BCUT2D eigenvalue weighted by atomic mass is 10.1. The fourth-order valence-corrected chi connectivity index (χ4v) is 2.79. The molecule has 1 fully saturated rings. The zero-order valence-corrected chi connectivity index (χ0v) is 12.3. The smallest absolute Gasteiger partial charge is 0.261 e. The maximum absolute atomic E-state index is 12.7. The Bertz CT molecular complexity index is 705. The van der Waals surface area contributed by atoms with Gasteiger partial charge in [-0.1, -0.05) is 0 Å². The second-order valence-electron chi connectivity index (χ2n) is 5.18. The quantitative estimate of drug-likeness (QED) is 0.923. The van der Waals surface area contributed by atoms with Crippen molar-refractivity contribution in [1.29, 1.82) is 0 Å². The number of rotatable bonds is 3. The van der Waals surface area contributed by atoms with Crippen molar-refractivity contribution in [2.24, 2.45) is 0 Å². The van der Waals surface area contributed by atoms with Crippen LogP contribution in [0.3, 0.4) is 0 Å². The summed E-state index contributed by atoms with van der Waals surface area (Å²) in [6.45, 7) is 1.82. The molecule has 0 spiro atoms. The first-order valence-electron chi connectivity index (χ1n) is 7.08. The molecule has 3 rings (SSSR count). The monoisotopic (exact) mass is 289 g/mol. The molecule has 1 aliphatic heterocycles. The summed E-state index contributed by atoms with van der Waals surface area (Å²) in [4.78, 5) is 17.1. The molecule has 0 aliphatic carbocycles. The van der Waals surface area contributed by atoms with Gasteiger partial charge in [0.15, 0.2) is 11.5 Å². The van der Waals surface area contributed by atoms with E-state index in [0.29, 0.717) is 22.4 Å². The summed E-state index contributed by atoms with van der Waals surface area (Å²) in [5.41, 5.74) is 0.590. The van der Waals surface area contributed by atoms with Crippen LogP contribution >= 0.6 is 0 Å². The van der Waals surface area contributed by atoms with Crippen molar-refractivity contribution in [3.63, 3.8) is 0 Å². The molecule has 1 aliphatic rings. The molecule has 1 unspecified atom stereocenters. The Hall–Kier alpha value is -2.08. The Kier molecular flexibility index (Phi) is 3.79. The third-order valence-corrected chi connectivity index (χ3v) is 3.95. The van der Waals surface area contributed by atoms with Gasteiger partial charge in [0.05, 0.1) is 37.5 Å². The number of hydrogen-bond acceptors (Lipinski definition) is 5. The highest BCUT2D eigenvalue weighted by atomic mass is 16.5. The number of nitrogens with one attached hydrogen (secondary N) is 1. The number of methoxy groups -OCH3 is 2. The molecule has 6 nitrogen and oxygen atoms in total. The predicted octanol–water partition coefficient (Wildman–Crippen LogP) is 1.34. The third kappa shape index (κ3) is 2.47. The van der Waals surface area contributed by atoms with Gasteiger partial charge in [0.2, 0.25) is 0 Å². The summed E-state index contributed by atoms with van der Waals surface area (Å²) in [6.07, 6.45) is 3.70. The Morgan fingerprint density at radius 2 is 2.05 bits per heavy atom. The summed E-state index contributed by atoms with van der Waals surface area (Å²) >= 11 is 0. The van der Waals surface area contributed by atoms with E-state index in [9.17, 15) is 4.79 Å². The Balaban J connectivity index is 2.13. The molecule has 0 radical (unpaired) electrons. The van der Waals surface area contributed by atoms with Gasteiger partial charge in [-0.2, -0.15) is 0 Å². The van der Waals surface area contributed by atoms with Crippen LogP contribution in [0.25, 0.3) is 10.9 Å². The number of ether oxygens (including phenoxy) is 2. The minimum Gasteiger partial charge on any atom is -0.493 e. The largest absolute Gasteiger partial charge is 0.493 e. The normalized spacial score (nSPS) is 18.7. The van der Waals surface area contributed by atoms with Gasteiger partial charge in [-0.25, -0.2) is 4.98 Å². The Morgan fingerprint density at radius 1 is 1.29 bits per heavy atom. The van der Waals surface area contributed by atoms with E-state index in [-0.39, 0.29) is 11.6 Å². The van der Waals surface area contributed by atoms with Crippen molar-refractivity contribution >= 4 is 10.9 Å². The van der Waals surface area contributed by atoms with E-state index >= 15 is 0 Å². The van der Waals surface area contributed by atoms with Crippen molar-refractivity contribution in [1.82, 2.24) is 14.9 Å². The molecule has 1 saturated heterocycles. The highest BCUT2D eigenvalue weighted by molar-refractivity contribution is 5.81. The van der Waals surface area contributed by atoms with Crippen LogP contribution in [-0.2, 0) is 0 Å². The van der Waals surface area contributed by atoms with E-state index in [4.69, 9.17) is 9.47 Å². The number of aromatic nitrogens is 2. The molecule has 1 aromatic heterocycles. The molecule has 6 heteroatoms. The Morgan fingerprint density at radius 3 is 2.71 bits per heavy atom. The van der Waals surface area contributed by atoms with E-state index in [1.165, 1.54) is 0 Å². The SMILES string of the molecule is COc1cc2ncn(C3CCCNC3)c(=O)c2cc1OC. The summed E-state index contributed by atoms with van der Waals surface area (Å²) in [6, 6.07) is 3.60. The van der Waals surface area contributed by atoms with Gasteiger partial charge < -0.3 is 14.8 Å². The molecular formula is C15H19N3O3. The number of benzene rings is 1. The van der Waals surface area contributed by atoms with Crippen molar-refractivity contribution in [3.8, 4) is 11.5 Å². The lowest BCUT2D eigenvalue weighted by Gasteiger charge is -2.24. The van der Waals surface area contributed by atoms with Crippen LogP contribution in [0.5, 0.6) is 11.5 Å². The molecular weight excluding hydrogens is 270 g/mol. The molecule has 1 atom stereocenters. The molecule has 2 heterocycles. The number of hydrogen-bond donors (Lipinski definition) is 1. The van der Waals surface area contributed by atoms with Crippen molar-refractivity contribution in [2.45, 2.75) is 18.9 Å². The molecule has 21 heavy (non-hydrogen) atoms. The summed E-state index contributed by atoms with van der Waals surface area (Å²) in [7, 11) is 3.13. The van der Waals surface area contributed by atoms with E-state index in [1.54, 1.807) is 37.2 Å². The summed E-state index contributed by atoms with van der Waals surface area (Å²) in [5, 5.41) is 3.87. The second kappa shape index (κ2) is 5.73. The minimum absolute atomic E-state index is 0.0327. The van der Waals surface area contributed by atoms with Crippen molar-refractivity contribution in [3.05, 3.63) is 28.8 Å². The molecule has 1 N–H and O–H groups in total. The van der Waals surface area contributed by atoms with Gasteiger partial charge in [0, 0.05) is 12.6 Å². The van der Waals surface area contributed by atoms with Crippen LogP contribution in [0.15, 0.2) is 23.3 Å². The van der Waals surface area contributed by atoms with Gasteiger partial charge in [0.25, 0.3) is 5.56 Å². The lowest BCUT2D eigenvalue weighted by molar-refractivity contribution is 0.354. The average Bonchev–Trinajstić information content (AvgIpc) is 2.55. The topological polar surface area (TPSA) is 65.4 Å². The van der Waals surface area contributed by atoms with Crippen molar-refractivity contribution < 1.29 is 9.47 Å². The number of piperidine rings is 1. The molecule has 112 valence electrons. The highest BCUT2D eigenvalue weighted by Crippen LogP contribution is 2.30. The predicted molar refractivity (Wildman–Crippen MR) is 80.2 cm³/mol. The first-order chi connectivity index (χ1) is 10.2. The maximum atomic E-state index is 12.7. The lowest BCUT2D eigenvalue weighted by Crippen LogP contribution is -2.36. The van der Waals surface area contributed by atoms with E-state index < -0.39 is 0 Å². The maximum Gasteiger partial charge on any atom is 0.261 e. The van der Waals surface area contributed by atoms with Gasteiger partial charge in [-0.3, -0.25) is 9.36 Å². The van der Waals surface area contributed by atoms with Crippen LogP contribution in [-0.4, -0.2) is 36.9 Å². The van der Waals surface area contributed by atoms with Gasteiger partial charge in [-0.15, -0.1) is 0 Å². The molecule has 0 saturated carbocycles. The first kappa shape index (κ1) is 13.9. The fraction of sp³-hybridized carbons (Fsp3) is 0.467. The molecule has 2 aromatic rings. The first-order valence-corrected chi connectivity index (χ1v) is 7.08. The zero-order chi connectivity index (χ0) is 14.8. The summed E-state index contributed by atoms with van der Waals surface area (Å²) in [5.74, 6) is 1.12. The second-order valence-corrected chi connectivity index (χ2v) is 5.18. The zero-order valence-electron chi connectivity index (χ0n) is 12.3. The molecule has 1 aromatic carbocycles.